The monoisotopic (exact) mass is 636 g/mol. The SMILES string of the molecule is c1ccc2cc(-n3c4ccccc4c4c5c6ccccc6n(-c6nc(-c7cccc8ccccc78)c7ccccc7n6)c5ccc43)ccc2c1. The van der Waals surface area contributed by atoms with Gasteiger partial charge in [-0.2, -0.15) is 0 Å². The smallest absolute Gasteiger partial charge is 0.235 e. The Bertz CT molecular complexity index is 3160. The van der Waals surface area contributed by atoms with Crippen molar-refractivity contribution in [1.82, 2.24) is 19.1 Å². The first-order valence-electron chi connectivity index (χ1n) is 17.0. The van der Waals surface area contributed by atoms with Crippen molar-refractivity contribution in [3.63, 3.8) is 0 Å². The van der Waals surface area contributed by atoms with Crippen LogP contribution >= 0.6 is 0 Å². The summed E-state index contributed by atoms with van der Waals surface area (Å²) in [5, 5.41) is 10.7. The molecule has 0 aliphatic carbocycles. The van der Waals surface area contributed by atoms with Gasteiger partial charge in [-0.3, -0.25) is 4.57 Å². The van der Waals surface area contributed by atoms with Gasteiger partial charge in [0.15, 0.2) is 0 Å². The predicted molar refractivity (Wildman–Crippen MR) is 209 cm³/mol. The number of benzene rings is 8. The van der Waals surface area contributed by atoms with Gasteiger partial charge < -0.3 is 4.57 Å². The van der Waals surface area contributed by atoms with Gasteiger partial charge in [0.25, 0.3) is 0 Å². The molecule has 3 aromatic heterocycles. The lowest BCUT2D eigenvalue weighted by atomic mass is 9.99. The molecule has 0 atom stereocenters. The number of hydrogen-bond acceptors (Lipinski definition) is 2. The number of para-hydroxylation sites is 3. The second-order valence-corrected chi connectivity index (χ2v) is 13.0. The molecule has 50 heavy (non-hydrogen) atoms. The van der Waals surface area contributed by atoms with E-state index in [1.165, 1.54) is 54.1 Å². The zero-order chi connectivity index (χ0) is 32.8. The van der Waals surface area contributed by atoms with Gasteiger partial charge in [0.05, 0.1) is 33.3 Å². The van der Waals surface area contributed by atoms with Crippen LogP contribution < -0.4 is 0 Å². The minimum absolute atomic E-state index is 0.662. The third-order valence-corrected chi connectivity index (χ3v) is 10.3. The van der Waals surface area contributed by atoms with Gasteiger partial charge in [0.1, 0.15) is 0 Å². The van der Waals surface area contributed by atoms with E-state index in [0.29, 0.717) is 5.95 Å². The molecule has 0 saturated heterocycles. The molecule has 0 radical (unpaired) electrons. The molecule has 4 heteroatoms. The van der Waals surface area contributed by atoms with E-state index in [1.54, 1.807) is 0 Å². The summed E-state index contributed by atoms with van der Waals surface area (Å²) in [4.78, 5) is 10.7. The van der Waals surface area contributed by atoms with Crippen LogP contribution in [0.2, 0.25) is 0 Å². The molecular weight excluding hydrogens is 609 g/mol. The lowest BCUT2D eigenvalue weighted by Gasteiger charge is -2.13. The number of fused-ring (bicyclic) bond motifs is 10. The maximum absolute atomic E-state index is 5.43. The van der Waals surface area contributed by atoms with E-state index in [4.69, 9.17) is 9.97 Å². The topological polar surface area (TPSA) is 35.6 Å². The Morgan fingerprint density at radius 3 is 1.72 bits per heavy atom. The summed E-state index contributed by atoms with van der Waals surface area (Å²) < 4.78 is 4.67. The summed E-state index contributed by atoms with van der Waals surface area (Å²) in [7, 11) is 0. The van der Waals surface area contributed by atoms with Gasteiger partial charge in [-0.05, 0) is 64.0 Å². The molecule has 0 spiro atoms. The Hall–Kier alpha value is -6.78. The Balaban J connectivity index is 1.25. The van der Waals surface area contributed by atoms with Crippen molar-refractivity contribution in [2.75, 3.05) is 0 Å². The molecule has 4 nitrogen and oxygen atoms in total. The van der Waals surface area contributed by atoms with Gasteiger partial charge in [-0.25, -0.2) is 9.97 Å². The molecule has 0 aliphatic heterocycles. The van der Waals surface area contributed by atoms with Gasteiger partial charge >= 0.3 is 0 Å². The van der Waals surface area contributed by atoms with Crippen LogP contribution in [-0.2, 0) is 0 Å². The van der Waals surface area contributed by atoms with Crippen LogP contribution in [-0.4, -0.2) is 19.1 Å². The van der Waals surface area contributed by atoms with Crippen molar-refractivity contribution in [1.29, 1.82) is 0 Å². The first-order chi connectivity index (χ1) is 24.8. The Morgan fingerprint density at radius 2 is 0.940 bits per heavy atom. The molecule has 0 bridgehead atoms. The molecule has 0 aliphatic rings. The van der Waals surface area contributed by atoms with Gasteiger partial charge in [-0.15, -0.1) is 0 Å². The number of nitrogens with zero attached hydrogens (tertiary/aromatic N) is 4. The Labute approximate surface area is 287 Å². The summed E-state index contributed by atoms with van der Waals surface area (Å²) in [6, 6.07) is 60.7. The van der Waals surface area contributed by atoms with Gasteiger partial charge in [0, 0.05) is 38.2 Å². The Morgan fingerprint density at radius 1 is 0.360 bits per heavy atom. The van der Waals surface area contributed by atoms with E-state index in [-0.39, 0.29) is 0 Å². The highest BCUT2D eigenvalue weighted by molar-refractivity contribution is 6.29. The first-order valence-corrected chi connectivity index (χ1v) is 17.0. The summed E-state index contributed by atoms with van der Waals surface area (Å²) in [5.74, 6) is 0.662. The molecule has 0 N–H and O–H groups in total. The standard InChI is InChI=1S/C46H28N4/c1-2-14-31-28-32(25-24-29(31)12-1)49-39-22-9-6-18-36(39)43-41(49)26-27-42-44(43)37-19-7-10-23-40(37)50(42)46-47-38-21-8-5-17-35(38)45(48-46)34-20-11-15-30-13-3-4-16-33(30)34/h1-28H. The second kappa shape index (κ2) is 10.4. The van der Waals surface area contributed by atoms with E-state index in [9.17, 15) is 0 Å². The molecule has 0 unspecified atom stereocenters. The van der Waals surface area contributed by atoms with Crippen LogP contribution in [0.25, 0.3) is 99.0 Å². The fourth-order valence-electron chi connectivity index (χ4n) is 8.13. The highest BCUT2D eigenvalue weighted by atomic mass is 15.2. The van der Waals surface area contributed by atoms with Crippen LogP contribution in [0.3, 0.4) is 0 Å². The van der Waals surface area contributed by atoms with Crippen LogP contribution in [0.4, 0.5) is 0 Å². The molecule has 0 fully saturated rings. The van der Waals surface area contributed by atoms with Crippen LogP contribution in [0.1, 0.15) is 0 Å². The third-order valence-electron chi connectivity index (χ3n) is 10.3. The van der Waals surface area contributed by atoms with E-state index in [1.807, 2.05) is 0 Å². The van der Waals surface area contributed by atoms with Crippen molar-refractivity contribution < 1.29 is 0 Å². The lowest BCUT2D eigenvalue weighted by Crippen LogP contribution is -2.03. The number of aromatic nitrogens is 4. The second-order valence-electron chi connectivity index (χ2n) is 13.0. The van der Waals surface area contributed by atoms with Crippen molar-refractivity contribution in [3.8, 4) is 22.9 Å². The average molecular weight is 637 g/mol. The van der Waals surface area contributed by atoms with Crippen LogP contribution in [0, 0.1) is 0 Å². The molecule has 232 valence electrons. The fraction of sp³-hybridized carbons (Fsp3) is 0. The van der Waals surface area contributed by atoms with Crippen molar-refractivity contribution in [3.05, 3.63) is 170 Å². The maximum Gasteiger partial charge on any atom is 0.235 e. The molecule has 11 aromatic rings. The zero-order valence-corrected chi connectivity index (χ0v) is 27.0. The number of rotatable bonds is 3. The molecular formula is C46H28N4. The normalized spacial score (nSPS) is 12.0. The first kappa shape index (κ1) is 27.2. The van der Waals surface area contributed by atoms with Crippen molar-refractivity contribution >= 4 is 76.1 Å². The quantitative estimate of drug-likeness (QED) is 0.193. The van der Waals surface area contributed by atoms with Crippen LogP contribution in [0.5, 0.6) is 0 Å². The molecule has 3 heterocycles. The van der Waals surface area contributed by atoms with E-state index < -0.39 is 0 Å². The minimum atomic E-state index is 0.662. The van der Waals surface area contributed by atoms with Gasteiger partial charge in [-0.1, -0.05) is 127 Å². The maximum atomic E-state index is 5.43. The fourth-order valence-corrected chi connectivity index (χ4v) is 8.13. The van der Waals surface area contributed by atoms with E-state index in [0.717, 1.165) is 38.9 Å². The van der Waals surface area contributed by atoms with Gasteiger partial charge in [0.2, 0.25) is 5.95 Å². The van der Waals surface area contributed by atoms with E-state index in [2.05, 4.69) is 179 Å². The zero-order valence-electron chi connectivity index (χ0n) is 27.0. The molecule has 0 amide bonds. The third kappa shape index (κ3) is 3.81. The summed E-state index contributed by atoms with van der Waals surface area (Å²) in [5.41, 5.74) is 8.62. The number of hydrogen-bond donors (Lipinski definition) is 0. The van der Waals surface area contributed by atoms with Crippen molar-refractivity contribution in [2.45, 2.75) is 0 Å². The van der Waals surface area contributed by atoms with Crippen LogP contribution in [0.15, 0.2) is 170 Å². The average Bonchev–Trinajstić information content (AvgIpc) is 3.70. The summed E-state index contributed by atoms with van der Waals surface area (Å²) >= 11 is 0. The molecule has 11 rings (SSSR count). The van der Waals surface area contributed by atoms with E-state index >= 15 is 0 Å². The Kier molecular flexibility index (Phi) is 5.63. The molecule has 0 saturated carbocycles. The predicted octanol–water partition coefficient (Wildman–Crippen LogP) is 11.8. The highest BCUT2D eigenvalue weighted by Crippen LogP contribution is 2.43. The van der Waals surface area contributed by atoms with Crippen molar-refractivity contribution in [2.24, 2.45) is 0 Å². The summed E-state index contributed by atoms with van der Waals surface area (Å²) in [6.07, 6.45) is 0. The largest absolute Gasteiger partial charge is 0.309 e. The molecule has 8 aromatic carbocycles. The summed E-state index contributed by atoms with van der Waals surface area (Å²) in [6.45, 7) is 0. The minimum Gasteiger partial charge on any atom is -0.309 e. The highest BCUT2D eigenvalue weighted by Gasteiger charge is 2.22. The lowest BCUT2D eigenvalue weighted by molar-refractivity contribution is 1.01.